The fourth-order valence-corrected chi connectivity index (χ4v) is 2.20. The van der Waals surface area contributed by atoms with Crippen LogP contribution in [0.4, 0.5) is 0 Å². The number of nitrogens with one attached hydrogen (secondary N) is 1. The summed E-state index contributed by atoms with van der Waals surface area (Å²) in [6, 6.07) is 0. The molecule has 0 saturated heterocycles. The zero-order chi connectivity index (χ0) is 10.3. The van der Waals surface area contributed by atoms with Crippen molar-refractivity contribution in [3.63, 3.8) is 0 Å². The Kier molecular flexibility index (Phi) is 2.10. The molecule has 1 aliphatic carbocycles. The first-order valence-electron chi connectivity index (χ1n) is 5.16. The molecule has 14 heavy (non-hydrogen) atoms. The summed E-state index contributed by atoms with van der Waals surface area (Å²) in [7, 11) is 0. The highest BCUT2D eigenvalue weighted by atomic mass is 14.9. The number of dihydropyridines is 1. The van der Waals surface area contributed by atoms with E-state index in [1.807, 2.05) is 6.92 Å². The van der Waals surface area contributed by atoms with E-state index in [1.165, 1.54) is 23.3 Å². The molecule has 2 rings (SSSR count). The van der Waals surface area contributed by atoms with Crippen LogP contribution < -0.4 is 5.32 Å². The molecule has 1 aliphatic heterocycles. The molecule has 1 heteroatoms. The van der Waals surface area contributed by atoms with Gasteiger partial charge in [-0.1, -0.05) is 20.1 Å². The first kappa shape index (κ1) is 9.32. The van der Waals surface area contributed by atoms with Crippen LogP contribution in [0.2, 0.25) is 0 Å². The highest BCUT2D eigenvalue weighted by Gasteiger charge is 2.25. The number of rotatable bonds is 1. The Morgan fingerprint density at radius 2 is 2.29 bits per heavy atom. The molecule has 0 aromatic rings. The van der Waals surface area contributed by atoms with E-state index in [-0.39, 0.29) is 0 Å². The van der Waals surface area contributed by atoms with Crippen molar-refractivity contribution in [3.8, 4) is 0 Å². The zero-order valence-electron chi connectivity index (χ0n) is 8.98. The molecule has 74 valence electrons. The van der Waals surface area contributed by atoms with Gasteiger partial charge in [-0.25, -0.2) is 0 Å². The molecule has 0 fully saturated rings. The maximum absolute atomic E-state index is 4.03. The van der Waals surface area contributed by atoms with E-state index >= 15 is 0 Å². The fourth-order valence-electron chi connectivity index (χ4n) is 2.20. The highest BCUT2D eigenvalue weighted by molar-refractivity contribution is 5.53. The van der Waals surface area contributed by atoms with Crippen molar-refractivity contribution >= 4 is 0 Å². The first-order valence-corrected chi connectivity index (χ1v) is 5.16. The van der Waals surface area contributed by atoms with Crippen molar-refractivity contribution in [3.05, 3.63) is 47.3 Å². The van der Waals surface area contributed by atoms with Crippen LogP contribution in [0.1, 0.15) is 26.7 Å². The molecule has 0 spiro atoms. The van der Waals surface area contributed by atoms with Gasteiger partial charge in [-0.15, -0.1) is 0 Å². The summed E-state index contributed by atoms with van der Waals surface area (Å²) < 4.78 is 0. The quantitative estimate of drug-likeness (QED) is 0.664. The Morgan fingerprint density at radius 3 is 2.93 bits per heavy atom. The molecule has 1 atom stereocenters. The zero-order valence-corrected chi connectivity index (χ0v) is 8.98. The Balaban J connectivity index is 2.41. The predicted molar refractivity (Wildman–Crippen MR) is 60.6 cm³/mol. The highest BCUT2D eigenvalue weighted by Crippen LogP contribution is 2.37. The summed E-state index contributed by atoms with van der Waals surface area (Å²) in [6.07, 6.45) is 4.68. The van der Waals surface area contributed by atoms with Crippen molar-refractivity contribution in [2.75, 3.05) is 0 Å². The van der Waals surface area contributed by atoms with Crippen LogP contribution in [-0.2, 0) is 0 Å². The van der Waals surface area contributed by atoms with Crippen molar-refractivity contribution in [1.29, 1.82) is 0 Å². The Bertz CT molecular complexity index is 369. The van der Waals surface area contributed by atoms with Crippen LogP contribution >= 0.6 is 0 Å². The van der Waals surface area contributed by atoms with Gasteiger partial charge in [0.25, 0.3) is 0 Å². The van der Waals surface area contributed by atoms with Gasteiger partial charge >= 0.3 is 0 Å². The lowest BCUT2D eigenvalue weighted by atomic mass is 9.95. The molecule has 0 radical (unpaired) electrons. The molecular weight excluding hydrogens is 170 g/mol. The average molecular weight is 187 g/mol. The lowest BCUT2D eigenvalue weighted by Crippen LogP contribution is -2.18. The molecule has 1 N–H and O–H groups in total. The Labute approximate surface area is 85.9 Å². The molecule has 0 bridgehead atoms. The SMILES string of the molecule is C=C(C)C1=CC2=C(CCC2C)NC1=C. The van der Waals surface area contributed by atoms with Gasteiger partial charge in [0.15, 0.2) is 0 Å². The topological polar surface area (TPSA) is 12.0 Å². The van der Waals surface area contributed by atoms with Gasteiger partial charge in [0, 0.05) is 11.4 Å². The van der Waals surface area contributed by atoms with Crippen molar-refractivity contribution in [2.45, 2.75) is 26.7 Å². The van der Waals surface area contributed by atoms with E-state index < -0.39 is 0 Å². The van der Waals surface area contributed by atoms with Gasteiger partial charge in [0.05, 0.1) is 0 Å². The normalized spacial score (nSPS) is 25.7. The minimum absolute atomic E-state index is 0.681. The Morgan fingerprint density at radius 1 is 1.57 bits per heavy atom. The number of hydrogen-bond acceptors (Lipinski definition) is 1. The fraction of sp³-hybridized carbons (Fsp3) is 0.385. The van der Waals surface area contributed by atoms with Crippen LogP contribution in [0.3, 0.4) is 0 Å². The molecule has 0 saturated carbocycles. The summed E-state index contributed by atoms with van der Waals surface area (Å²) in [6.45, 7) is 12.3. The molecular formula is C13H17N. The van der Waals surface area contributed by atoms with E-state index in [0.29, 0.717) is 5.92 Å². The molecule has 0 aromatic heterocycles. The van der Waals surface area contributed by atoms with Gasteiger partial charge in [-0.05, 0) is 48.5 Å². The monoisotopic (exact) mass is 187 g/mol. The molecule has 0 amide bonds. The third-order valence-corrected chi connectivity index (χ3v) is 3.09. The van der Waals surface area contributed by atoms with Gasteiger partial charge in [-0.2, -0.15) is 0 Å². The van der Waals surface area contributed by atoms with Crippen molar-refractivity contribution < 1.29 is 0 Å². The average Bonchev–Trinajstić information content (AvgIpc) is 2.46. The maximum atomic E-state index is 4.03. The van der Waals surface area contributed by atoms with Crippen LogP contribution in [0, 0.1) is 5.92 Å². The smallest absolute Gasteiger partial charge is 0.0385 e. The van der Waals surface area contributed by atoms with Crippen molar-refractivity contribution in [2.24, 2.45) is 5.92 Å². The van der Waals surface area contributed by atoms with Gasteiger partial charge in [0.2, 0.25) is 0 Å². The standard InChI is InChI=1S/C13H17N/c1-8(2)11-7-12-9(3)5-6-13(12)14-10(11)4/h7,9,14H,1,4-6H2,2-3H3. The van der Waals surface area contributed by atoms with Crippen LogP contribution in [-0.4, -0.2) is 0 Å². The largest absolute Gasteiger partial charge is 0.359 e. The second-order valence-electron chi connectivity index (χ2n) is 4.32. The molecule has 0 aromatic carbocycles. The molecule has 1 nitrogen and oxygen atoms in total. The second-order valence-corrected chi connectivity index (χ2v) is 4.32. The third kappa shape index (κ3) is 1.33. The first-order chi connectivity index (χ1) is 6.59. The lowest BCUT2D eigenvalue weighted by Gasteiger charge is -2.21. The Hall–Kier alpha value is -1.24. The molecule has 1 heterocycles. The molecule has 1 unspecified atom stereocenters. The summed E-state index contributed by atoms with van der Waals surface area (Å²) >= 11 is 0. The summed E-state index contributed by atoms with van der Waals surface area (Å²) in [5.74, 6) is 0.681. The van der Waals surface area contributed by atoms with Gasteiger partial charge in [-0.3, -0.25) is 0 Å². The third-order valence-electron chi connectivity index (χ3n) is 3.09. The minimum Gasteiger partial charge on any atom is -0.359 e. The van der Waals surface area contributed by atoms with E-state index in [4.69, 9.17) is 0 Å². The van der Waals surface area contributed by atoms with E-state index in [1.54, 1.807) is 0 Å². The minimum atomic E-state index is 0.681. The predicted octanol–water partition coefficient (Wildman–Crippen LogP) is 3.29. The second kappa shape index (κ2) is 3.16. The number of hydrogen-bond donors (Lipinski definition) is 1. The van der Waals surface area contributed by atoms with E-state index in [2.05, 4.69) is 31.5 Å². The van der Waals surface area contributed by atoms with Crippen molar-refractivity contribution in [1.82, 2.24) is 5.32 Å². The molecule has 2 aliphatic rings. The lowest BCUT2D eigenvalue weighted by molar-refractivity contribution is 0.678. The van der Waals surface area contributed by atoms with Crippen LogP contribution in [0.5, 0.6) is 0 Å². The summed E-state index contributed by atoms with van der Waals surface area (Å²) in [5, 5.41) is 3.40. The summed E-state index contributed by atoms with van der Waals surface area (Å²) in [4.78, 5) is 0. The van der Waals surface area contributed by atoms with Crippen LogP contribution in [0.15, 0.2) is 47.3 Å². The van der Waals surface area contributed by atoms with Crippen LogP contribution in [0.25, 0.3) is 0 Å². The van der Waals surface area contributed by atoms with Gasteiger partial charge in [0.1, 0.15) is 0 Å². The van der Waals surface area contributed by atoms with Gasteiger partial charge < -0.3 is 5.32 Å². The number of allylic oxidation sites excluding steroid dienone is 4. The summed E-state index contributed by atoms with van der Waals surface area (Å²) in [5.41, 5.74) is 6.10. The van der Waals surface area contributed by atoms with E-state index in [9.17, 15) is 0 Å². The van der Waals surface area contributed by atoms with E-state index in [0.717, 1.165) is 17.7 Å². The maximum Gasteiger partial charge on any atom is 0.0385 e.